The van der Waals surface area contributed by atoms with Crippen molar-refractivity contribution in [3.8, 4) is 5.75 Å². The first kappa shape index (κ1) is 18.6. The quantitative estimate of drug-likeness (QED) is 0.691. The zero-order valence-electron chi connectivity index (χ0n) is 15.2. The van der Waals surface area contributed by atoms with E-state index in [-0.39, 0.29) is 17.7 Å². The van der Waals surface area contributed by atoms with Crippen molar-refractivity contribution >= 4 is 22.8 Å². The van der Waals surface area contributed by atoms with Gasteiger partial charge >= 0.3 is 5.97 Å². The Balaban J connectivity index is 2.12. The van der Waals surface area contributed by atoms with Crippen LogP contribution in [-0.2, 0) is 16.0 Å². The van der Waals surface area contributed by atoms with E-state index in [1.807, 2.05) is 6.92 Å². The largest absolute Gasteiger partial charge is 0.508 e. The van der Waals surface area contributed by atoms with E-state index in [9.17, 15) is 19.1 Å². The maximum atomic E-state index is 13.6. The zero-order valence-corrected chi connectivity index (χ0v) is 15.2. The van der Waals surface area contributed by atoms with Crippen LogP contribution in [0, 0.1) is 12.7 Å². The summed E-state index contributed by atoms with van der Waals surface area (Å²) in [5.74, 6) is -1.28. The van der Waals surface area contributed by atoms with Gasteiger partial charge in [0.25, 0.3) is 5.91 Å². The lowest BCUT2D eigenvalue weighted by atomic mass is 10.1. The van der Waals surface area contributed by atoms with E-state index in [4.69, 9.17) is 4.74 Å². The molecule has 0 radical (unpaired) electrons. The van der Waals surface area contributed by atoms with Gasteiger partial charge in [0.15, 0.2) is 0 Å². The minimum atomic E-state index is -0.504. The number of fused-ring (bicyclic) bond motifs is 1. The van der Waals surface area contributed by atoms with Gasteiger partial charge in [0.1, 0.15) is 11.6 Å². The van der Waals surface area contributed by atoms with E-state index in [2.05, 4.69) is 0 Å². The average molecular weight is 369 g/mol. The number of esters is 1. The first-order valence-corrected chi connectivity index (χ1v) is 8.71. The molecule has 0 bridgehead atoms. The van der Waals surface area contributed by atoms with Crippen LogP contribution in [0.4, 0.5) is 4.39 Å². The Bertz CT molecular complexity index is 1020. The third kappa shape index (κ3) is 3.69. The summed E-state index contributed by atoms with van der Waals surface area (Å²) in [5.41, 5.74) is 1.89. The average Bonchev–Trinajstić information content (AvgIpc) is 2.90. The van der Waals surface area contributed by atoms with Crippen LogP contribution in [0.1, 0.15) is 35.0 Å². The second-order valence-corrected chi connectivity index (χ2v) is 6.31. The molecule has 0 amide bonds. The predicted molar refractivity (Wildman–Crippen MR) is 99.4 cm³/mol. The van der Waals surface area contributed by atoms with Crippen LogP contribution in [0.2, 0.25) is 0 Å². The van der Waals surface area contributed by atoms with Crippen LogP contribution in [0.15, 0.2) is 42.5 Å². The fourth-order valence-electron chi connectivity index (χ4n) is 3.12. The lowest BCUT2D eigenvalue weighted by molar-refractivity contribution is -0.142. The van der Waals surface area contributed by atoms with Gasteiger partial charge in [-0.05, 0) is 55.3 Å². The van der Waals surface area contributed by atoms with E-state index in [0.717, 1.165) is 0 Å². The number of carbonyl (C=O) groups is 2. The van der Waals surface area contributed by atoms with Crippen LogP contribution in [0.3, 0.4) is 0 Å². The number of phenolic OH excluding ortho intramolecular Hbond substituents is 1. The van der Waals surface area contributed by atoms with Crippen molar-refractivity contribution in [2.75, 3.05) is 6.61 Å². The van der Waals surface area contributed by atoms with Crippen molar-refractivity contribution in [1.29, 1.82) is 0 Å². The van der Waals surface area contributed by atoms with E-state index < -0.39 is 17.7 Å². The molecule has 1 aromatic heterocycles. The molecule has 0 aliphatic carbocycles. The third-order valence-electron chi connectivity index (χ3n) is 4.38. The number of hydrogen-bond donors (Lipinski definition) is 1. The predicted octanol–water partition coefficient (Wildman–Crippen LogP) is 3.98. The molecule has 3 rings (SSSR count). The fourth-order valence-corrected chi connectivity index (χ4v) is 3.12. The number of aromatic nitrogens is 1. The van der Waals surface area contributed by atoms with E-state index >= 15 is 0 Å². The number of aromatic hydroxyl groups is 1. The Morgan fingerprint density at radius 1 is 1.19 bits per heavy atom. The standard InChI is InChI=1S/C21H20FNO4/c1-3-9-27-20(25)12-17-13(2)23(19-8-7-16(24)11-18(17)19)21(26)14-5-4-6-15(22)10-14/h4-8,10-11,24H,3,9,12H2,1-2H3. The zero-order chi connectivity index (χ0) is 19.6. The van der Waals surface area contributed by atoms with Crippen molar-refractivity contribution in [2.45, 2.75) is 26.7 Å². The van der Waals surface area contributed by atoms with E-state index in [1.165, 1.54) is 41.0 Å². The van der Waals surface area contributed by atoms with Gasteiger partial charge in [0, 0.05) is 16.6 Å². The first-order valence-electron chi connectivity index (χ1n) is 8.71. The van der Waals surface area contributed by atoms with Crippen LogP contribution in [0.25, 0.3) is 10.9 Å². The number of rotatable bonds is 5. The summed E-state index contributed by atoms with van der Waals surface area (Å²) < 4.78 is 20.1. The molecule has 0 aliphatic heterocycles. The molecule has 5 nitrogen and oxygen atoms in total. The number of hydrogen-bond acceptors (Lipinski definition) is 4. The molecule has 2 aromatic carbocycles. The summed E-state index contributed by atoms with van der Waals surface area (Å²) >= 11 is 0. The fraction of sp³-hybridized carbons (Fsp3) is 0.238. The van der Waals surface area contributed by atoms with Crippen molar-refractivity contribution in [3.05, 3.63) is 65.1 Å². The van der Waals surface area contributed by atoms with Crippen LogP contribution < -0.4 is 0 Å². The summed E-state index contributed by atoms with van der Waals surface area (Å²) in [5, 5.41) is 10.5. The lowest BCUT2D eigenvalue weighted by Gasteiger charge is -2.08. The molecule has 1 heterocycles. The number of halogens is 1. The molecule has 0 aliphatic rings. The van der Waals surface area contributed by atoms with Crippen molar-refractivity contribution in [2.24, 2.45) is 0 Å². The summed E-state index contributed by atoms with van der Waals surface area (Å²) in [6.45, 7) is 3.95. The van der Waals surface area contributed by atoms with E-state index in [1.54, 1.807) is 13.0 Å². The SMILES string of the molecule is CCCOC(=O)Cc1c(C)n(C(=O)c2cccc(F)c2)c2ccc(O)cc12. The van der Waals surface area contributed by atoms with Crippen molar-refractivity contribution in [1.82, 2.24) is 4.57 Å². The lowest BCUT2D eigenvalue weighted by Crippen LogP contribution is -2.15. The Morgan fingerprint density at radius 3 is 2.67 bits per heavy atom. The van der Waals surface area contributed by atoms with Crippen molar-refractivity contribution in [3.63, 3.8) is 0 Å². The van der Waals surface area contributed by atoms with Gasteiger partial charge in [0.05, 0.1) is 18.5 Å². The topological polar surface area (TPSA) is 68.5 Å². The third-order valence-corrected chi connectivity index (χ3v) is 4.38. The maximum absolute atomic E-state index is 13.6. The van der Waals surface area contributed by atoms with Gasteiger partial charge in [0.2, 0.25) is 0 Å². The van der Waals surface area contributed by atoms with Crippen molar-refractivity contribution < 1.29 is 23.8 Å². The molecular weight excluding hydrogens is 349 g/mol. The minimum absolute atomic E-state index is 0.0186. The highest BCUT2D eigenvalue weighted by Crippen LogP contribution is 2.30. The van der Waals surface area contributed by atoms with Gasteiger partial charge in [-0.2, -0.15) is 0 Å². The van der Waals surface area contributed by atoms with E-state index in [0.29, 0.717) is 35.2 Å². The highest BCUT2D eigenvalue weighted by molar-refractivity contribution is 6.04. The van der Waals surface area contributed by atoms with Crippen LogP contribution in [-0.4, -0.2) is 28.2 Å². The summed E-state index contributed by atoms with van der Waals surface area (Å²) in [6.07, 6.45) is 0.695. The van der Waals surface area contributed by atoms with Gasteiger partial charge in [-0.25, -0.2) is 4.39 Å². The molecule has 0 spiro atoms. The number of nitrogens with zero attached hydrogens (tertiary/aromatic N) is 1. The Kier molecular flexibility index (Phi) is 5.26. The van der Waals surface area contributed by atoms with Gasteiger partial charge in [-0.15, -0.1) is 0 Å². The summed E-state index contributed by atoms with van der Waals surface area (Å²) in [6, 6.07) is 10.0. The maximum Gasteiger partial charge on any atom is 0.310 e. The normalized spacial score (nSPS) is 10.9. The number of ether oxygens (including phenoxy) is 1. The molecule has 140 valence electrons. The molecule has 0 saturated heterocycles. The number of phenols is 1. The molecule has 0 unspecified atom stereocenters. The minimum Gasteiger partial charge on any atom is -0.508 e. The Hall–Kier alpha value is -3.15. The second-order valence-electron chi connectivity index (χ2n) is 6.31. The molecule has 0 saturated carbocycles. The summed E-state index contributed by atoms with van der Waals surface area (Å²) in [7, 11) is 0. The summed E-state index contributed by atoms with van der Waals surface area (Å²) in [4.78, 5) is 25.1. The second kappa shape index (κ2) is 7.61. The number of carbonyl (C=O) groups excluding carboxylic acids is 2. The monoisotopic (exact) mass is 369 g/mol. The molecule has 0 fully saturated rings. The molecule has 1 N–H and O–H groups in total. The Labute approximate surface area is 156 Å². The van der Waals surface area contributed by atoms with Gasteiger partial charge in [-0.3, -0.25) is 14.2 Å². The molecule has 27 heavy (non-hydrogen) atoms. The van der Waals surface area contributed by atoms with Gasteiger partial charge < -0.3 is 9.84 Å². The van der Waals surface area contributed by atoms with Crippen LogP contribution in [0.5, 0.6) is 5.75 Å². The first-order chi connectivity index (χ1) is 12.9. The van der Waals surface area contributed by atoms with Gasteiger partial charge in [-0.1, -0.05) is 13.0 Å². The highest BCUT2D eigenvalue weighted by Gasteiger charge is 2.22. The molecular formula is C21H20FNO4. The van der Waals surface area contributed by atoms with Crippen LogP contribution >= 0.6 is 0 Å². The molecule has 6 heteroatoms. The molecule has 0 atom stereocenters. The Morgan fingerprint density at radius 2 is 1.96 bits per heavy atom. The number of benzene rings is 2. The highest BCUT2D eigenvalue weighted by atomic mass is 19.1. The molecule has 3 aromatic rings. The smallest absolute Gasteiger partial charge is 0.310 e.